The molecule has 0 aliphatic heterocycles. The van der Waals surface area contributed by atoms with E-state index in [1.807, 2.05) is 6.92 Å². The number of nitrogens with one attached hydrogen (secondary N) is 1. The van der Waals surface area contributed by atoms with Crippen molar-refractivity contribution in [2.75, 3.05) is 13.2 Å². The first kappa shape index (κ1) is 14.3. The molecule has 0 heterocycles. The molecule has 0 bridgehead atoms. The fourth-order valence-electron chi connectivity index (χ4n) is 1.89. The third kappa shape index (κ3) is 5.39. The summed E-state index contributed by atoms with van der Waals surface area (Å²) in [7, 11) is 0. The molecule has 1 aliphatic carbocycles. The molecule has 0 aromatic rings. The van der Waals surface area contributed by atoms with Gasteiger partial charge >= 0.3 is 6.03 Å². The summed E-state index contributed by atoms with van der Waals surface area (Å²) in [6, 6.07) is 0.557. The quantitative estimate of drug-likeness (QED) is 0.717. The molecule has 1 rings (SSSR count). The molecule has 1 atom stereocenters. The second kappa shape index (κ2) is 6.84. The summed E-state index contributed by atoms with van der Waals surface area (Å²) in [5.41, 5.74) is 0. The predicted molar refractivity (Wildman–Crippen MR) is 68.9 cm³/mol. The Hall–Kier alpha value is -0.770. The minimum absolute atomic E-state index is 0.0159. The molecule has 4 heteroatoms. The molecule has 1 fully saturated rings. The molecule has 100 valence electrons. The van der Waals surface area contributed by atoms with E-state index >= 15 is 0 Å². The van der Waals surface area contributed by atoms with Gasteiger partial charge in [-0.05, 0) is 38.5 Å². The van der Waals surface area contributed by atoms with Gasteiger partial charge in [-0.15, -0.1) is 0 Å². The Labute approximate surface area is 104 Å². The summed E-state index contributed by atoms with van der Waals surface area (Å²) in [6.45, 7) is 6.93. The first-order chi connectivity index (χ1) is 8.04. The van der Waals surface area contributed by atoms with E-state index in [9.17, 15) is 4.79 Å². The molecule has 0 aromatic carbocycles. The number of nitrogens with zero attached hydrogens (tertiary/aromatic N) is 1. The summed E-state index contributed by atoms with van der Waals surface area (Å²) in [5, 5.41) is 12.0. The van der Waals surface area contributed by atoms with Gasteiger partial charge in [0.15, 0.2) is 0 Å². The van der Waals surface area contributed by atoms with Gasteiger partial charge in [0.25, 0.3) is 0 Å². The number of aliphatic hydroxyl groups excluding tert-OH is 1. The van der Waals surface area contributed by atoms with E-state index in [2.05, 4.69) is 19.2 Å². The number of carbonyl (C=O) groups is 1. The molecule has 0 saturated heterocycles. The largest absolute Gasteiger partial charge is 0.395 e. The van der Waals surface area contributed by atoms with Crippen molar-refractivity contribution in [2.24, 2.45) is 5.92 Å². The maximum absolute atomic E-state index is 12.0. The predicted octanol–water partition coefficient (Wildman–Crippen LogP) is 1.98. The highest BCUT2D eigenvalue weighted by molar-refractivity contribution is 5.75. The highest BCUT2D eigenvalue weighted by Crippen LogP contribution is 2.26. The van der Waals surface area contributed by atoms with Crippen molar-refractivity contribution >= 4 is 6.03 Å². The first-order valence-electron chi connectivity index (χ1n) is 6.72. The van der Waals surface area contributed by atoms with Gasteiger partial charge in [-0.25, -0.2) is 4.79 Å². The van der Waals surface area contributed by atoms with E-state index in [4.69, 9.17) is 5.11 Å². The Morgan fingerprint density at radius 3 is 2.47 bits per heavy atom. The average molecular weight is 242 g/mol. The van der Waals surface area contributed by atoms with Crippen LogP contribution in [0.4, 0.5) is 4.79 Å². The number of urea groups is 1. The van der Waals surface area contributed by atoms with Crippen molar-refractivity contribution in [1.82, 2.24) is 10.2 Å². The third-order valence-corrected chi connectivity index (χ3v) is 3.14. The Morgan fingerprint density at radius 1 is 1.35 bits per heavy atom. The molecule has 2 amide bonds. The maximum Gasteiger partial charge on any atom is 0.317 e. The van der Waals surface area contributed by atoms with Crippen LogP contribution in [0.25, 0.3) is 0 Å². The van der Waals surface area contributed by atoms with Crippen LogP contribution in [0.5, 0.6) is 0 Å². The van der Waals surface area contributed by atoms with Gasteiger partial charge in [-0.3, -0.25) is 0 Å². The Balaban J connectivity index is 2.30. The molecule has 0 radical (unpaired) electrons. The lowest BCUT2D eigenvalue weighted by atomic mass is 10.0. The van der Waals surface area contributed by atoms with Crippen LogP contribution in [-0.4, -0.2) is 41.3 Å². The number of amides is 2. The van der Waals surface area contributed by atoms with Gasteiger partial charge in [-0.2, -0.15) is 0 Å². The Morgan fingerprint density at radius 2 is 2.00 bits per heavy atom. The van der Waals surface area contributed by atoms with Crippen molar-refractivity contribution in [3.8, 4) is 0 Å². The molecular weight excluding hydrogens is 216 g/mol. The lowest BCUT2D eigenvalue weighted by Gasteiger charge is -2.24. The smallest absolute Gasteiger partial charge is 0.317 e. The molecule has 1 saturated carbocycles. The number of hydrogen-bond acceptors (Lipinski definition) is 2. The second-order valence-corrected chi connectivity index (χ2v) is 5.47. The molecule has 17 heavy (non-hydrogen) atoms. The van der Waals surface area contributed by atoms with Crippen molar-refractivity contribution in [2.45, 2.75) is 58.5 Å². The van der Waals surface area contributed by atoms with Crippen LogP contribution in [0.2, 0.25) is 0 Å². The van der Waals surface area contributed by atoms with Crippen LogP contribution in [0.15, 0.2) is 0 Å². The number of carbonyl (C=O) groups excluding carboxylic acids is 1. The molecular formula is C13H26N2O2. The standard InChI is InChI=1S/C13H26N2O2/c1-10(2)4-5-11(3)14-13(17)15(8-9-16)12-6-7-12/h10-12,16H,4-9H2,1-3H3,(H,14,17). The van der Waals surface area contributed by atoms with Crippen LogP contribution in [0.1, 0.15) is 46.5 Å². The molecule has 4 nitrogen and oxygen atoms in total. The zero-order valence-corrected chi connectivity index (χ0v) is 11.3. The van der Waals surface area contributed by atoms with Gasteiger partial charge in [0.2, 0.25) is 0 Å². The average Bonchev–Trinajstić information content (AvgIpc) is 3.06. The molecule has 0 aromatic heterocycles. The van der Waals surface area contributed by atoms with E-state index in [-0.39, 0.29) is 18.7 Å². The van der Waals surface area contributed by atoms with Gasteiger partial charge in [0, 0.05) is 18.6 Å². The van der Waals surface area contributed by atoms with Crippen molar-refractivity contribution < 1.29 is 9.90 Å². The van der Waals surface area contributed by atoms with Gasteiger partial charge in [0.1, 0.15) is 0 Å². The highest BCUT2D eigenvalue weighted by Gasteiger charge is 2.32. The zero-order valence-electron chi connectivity index (χ0n) is 11.3. The minimum Gasteiger partial charge on any atom is -0.395 e. The lowest BCUT2D eigenvalue weighted by Crippen LogP contribution is -2.46. The summed E-state index contributed by atoms with van der Waals surface area (Å²) in [4.78, 5) is 13.7. The lowest BCUT2D eigenvalue weighted by molar-refractivity contribution is 0.170. The number of aliphatic hydroxyl groups is 1. The van der Waals surface area contributed by atoms with E-state index in [0.29, 0.717) is 18.5 Å². The summed E-state index contributed by atoms with van der Waals surface area (Å²) in [6.07, 6.45) is 4.30. The summed E-state index contributed by atoms with van der Waals surface area (Å²) < 4.78 is 0. The highest BCUT2D eigenvalue weighted by atomic mass is 16.3. The fourth-order valence-corrected chi connectivity index (χ4v) is 1.89. The SMILES string of the molecule is CC(C)CCC(C)NC(=O)N(CCO)C1CC1. The van der Waals surface area contributed by atoms with Crippen LogP contribution < -0.4 is 5.32 Å². The van der Waals surface area contributed by atoms with E-state index in [1.165, 1.54) is 0 Å². The van der Waals surface area contributed by atoms with E-state index in [1.54, 1.807) is 4.90 Å². The molecule has 1 unspecified atom stereocenters. The topological polar surface area (TPSA) is 52.6 Å². The zero-order chi connectivity index (χ0) is 12.8. The van der Waals surface area contributed by atoms with Crippen LogP contribution in [0.3, 0.4) is 0 Å². The Bertz CT molecular complexity index is 240. The van der Waals surface area contributed by atoms with Crippen molar-refractivity contribution in [3.05, 3.63) is 0 Å². The number of hydrogen-bond donors (Lipinski definition) is 2. The monoisotopic (exact) mass is 242 g/mol. The van der Waals surface area contributed by atoms with Gasteiger partial charge < -0.3 is 15.3 Å². The van der Waals surface area contributed by atoms with Crippen LogP contribution >= 0.6 is 0 Å². The summed E-state index contributed by atoms with van der Waals surface area (Å²) in [5.74, 6) is 0.673. The minimum atomic E-state index is -0.0159. The maximum atomic E-state index is 12.0. The van der Waals surface area contributed by atoms with Gasteiger partial charge in [0.05, 0.1) is 6.61 Å². The van der Waals surface area contributed by atoms with Crippen molar-refractivity contribution in [3.63, 3.8) is 0 Å². The van der Waals surface area contributed by atoms with Gasteiger partial charge in [-0.1, -0.05) is 13.8 Å². The van der Waals surface area contributed by atoms with E-state index < -0.39 is 0 Å². The molecule has 0 spiro atoms. The number of rotatable bonds is 7. The summed E-state index contributed by atoms with van der Waals surface area (Å²) >= 11 is 0. The third-order valence-electron chi connectivity index (χ3n) is 3.14. The van der Waals surface area contributed by atoms with Crippen LogP contribution in [0, 0.1) is 5.92 Å². The second-order valence-electron chi connectivity index (χ2n) is 5.47. The van der Waals surface area contributed by atoms with Crippen LogP contribution in [-0.2, 0) is 0 Å². The van der Waals surface area contributed by atoms with Crippen molar-refractivity contribution in [1.29, 1.82) is 0 Å². The first-order valence-corrected chi connectivity index (χ1v) is 6.72. The fraction of sp³-hybridized carbons (Fsp3) is 0.923. The Kier molecular flexibility index (Phi) is 5.75. The van der Waals surface area contributed by atoms with E-state index in [0.717, 1.165) is 25.7 Å². The molecule has 2 N–H and O–H groups in total. The molecule has 1 aliphatic rings. The normalized spacial score (nSPS) is 17.0.